The van der Waals surface area contributed by atoms with Gasteiger partial charge in [-0.1, -0.05) is 41.9 Å². The first-order chi connectivity index (χ1) is 14.1. The smallest absolute Gasteiger partial charge is 0.222 e. The maximum atomic E-state index is 11.8. The summed E-state index contributed by atoms with van der Waals surface area (Å²) >= 11 is 5.83. The van der Waals surface area contributed by atoms with E-state index in [0.717, 1.165) is 55.1 Å². The van der Waals surface area contributed by atoms with Gasteiger partial charge in [-0.3, -0.25) is 4.79 Å². The number of nitrogens with one attached hydrogen (secondary N) is 2. The van der Waals surface area contributed by atoms with Crippen molar-refractivity contribution in [1.82, 2.24) is 20.5 Å². The summed E-state index contributed by atoms with van der Waals surface area (Å²) in [5, 5.41) is 7.14. The van der Waals surface area contributed by atoms with Gasteiger partial charge in [0.2, 0.25) is 5.91 Å². The highest BCUT2D eigenvalue weighted by Crippen LogP contribution is 2.15. The third kappa shape index (κ3) is 7.75. The SMILES string of the molecule is CCNC(=NCc1cccc(CN2CCCC2=O)c1)NCCc1ccc(Cl)nc1.I. The molecular formula is C22H29ClIN5O. The van der Waals surface area contributed by atoms with E-state index in [1.807, 2.05) is 24.0 Å². The molecule has 0 saturated carbocycles. The second kappa shape index (κ2) is 12.7. The lowest BCUT2D eigenvalue weighted by Crippen LogP contribution is -2.38. The number of halogens is 2. The van der Waals surface area contributed by atoms with Gasteiger partial charge in [0.05, 0.1) is 6.54 Å². The molecule has 3 rings (SSSR count). The van der Waals surface area contributed by atoms with Crippen molar-refractivity contribution in [2.75, 3.05) is 19.6 Å². The zero-order valence-corrected chi connectivity index (χ0v) is 20.3. The summed E-state index contributed by atoms with van der Waals surface area (Å²) in [6.07, 6.45) is 4.28. The first-order valence-electron chi connectivity index (χ1n) is 10.1. The normalized spacial score (nSPS) is 13.9. The van der Waals surface area contributed by atoms with Gasteiger partial charge in [-0.25, -0.2) is 9.98 Å². The van der Waals surface area contributed by atoms with Gasteiger partial charge in [0.15, 0.2) is 5.96 Å². The van der Waals surface area contributed by atoms with Crippen molar-refractivity contribution in [3.05, 3.63) is 64.4 Å². The van der Waals surface area contributed by atoms with Crippen molar-refractivity contribution in [1.29, 1.82) is 0 Å². The monoisotopic (exact) mass is 541 g/mol. The van der Waals surface area contributed by atoms with Gasteiger partial charge in [0.1, 0.15) is 5.15 Å². The maximum absolute atomic E-state index is 11.8. The number of carbonyl (C=O) groups excluding carboxylic acids is 1. The summed E-state index contributed by atoms with van der Waals surface area (Å²) in [6.45, 7) is 5.73. The van der Waals surface area contributed by atoms with E-state index in [-0.39, 0.29) is 29.9 Å². The number of benzene rings is 1. The largest absolute Gasteiger partial charge is 0.357 e. The summed E-state index contributed by atoms with van der Waals surface area (Å²) in [7, 11) is 0. The summed E-state index contributed by atoms with van der Waals surface area (Å²) in [6, 6.07) is 12.1. The predicted molar refractivity (Wildman–Crippen MR) is 132 cm³/mol. The van der Waals surface area contributed by atoms with E-state index in [4.69, 9.17) is 16.6 Å². The molecule has 1 amide bonds. The second-order valence-corrected chi connectivity index (χ2v) is 7.49. The minimum Gasteiger partial charge on any atom is -0.357 e. The van der Waals surface area contributed by atoms with Crippen LogP contribution >= 0.6 is 35.6 Å². The third-order valence-electron chi connectivity index (χ3n) is 4.79. The van der Waals surface area contributed by atoms with E-state index in [9.17, 15) is 4.79 Å². The van der Waals surface area contributed by atoms with E-state index >= 15 is 0 Å². The van der Waals surface area contributed by atoms with Crippen molar-refractivity contribution >= 4 is 47.4 Å². The van der Waals surface area contributed by atoms with Gasteiger partial charge in [-0.2, -0.15) is 0 Å². The lowest BCUT2D eigenvalue weighted by molar-refractivity contribution is -0.128. The fourth-order valence-corrected chi connectivity index (χ4v) is 3.42. The van der Waals surface area contributed by atoms with Gasteiger partial charge >= 0.3 is 0 Å². The van der Waals surface area contributed by atoms with E-state index in [2.05, 4.69) is 33.8 Å². The number of pyridine rings is 1. The van der Waals surface area contributed by atoms with Gasteiger partial charge < -0.3 is 15.5 Å². The highest BCUT2D eigenvalue weighted by molar-refractivity contribution is 14.0. The van der Waals surface area contributed by atoms with Crippen molar-refractivity contribution in [3.63, 3.8) is 0 Å². The minimum atomic E-state index is 0. The number of rotatable bonds is 8. The Bertz CT molecular complexity index is 844. The number of likely N-dealkylation sites (tertiary alicyclic amines) is 1. The van der Waals surface area contributed by atoms with Crippen LogP contribution in [0, 0.1) is 0 Å². The maximum Gasteiger partial charge on any atom is 0.222 e. The third-order valence-corrected chi connectivity index (χ3v) is 5.02. The quantitative estimate of drug-likeness (QED) is 0.231. The first kappa shape index (κ1) is 24.4. The van der Waals surface area contributed by atoms with Crippen molar-refractivity contribution in [2.24, 2.45) is 4.99 Å². The average Bonchev–Trinajstić information content (AvgIpc) is 3.12. The van der Waals surface area contributed by atoms with Crippen LogP contribution in [0.1, 0.15) is 36.5 Å². The van der Waals surface area contributed by atoms with E-state index in [0.29, 0.717) is 24.7 Å². The molecule has 0 unspecified atom stereocenters. The molecule has 0 bridgehead atoms. The number of nitrogens with zero attached hydrogens (tertiary/aromatic N) is 3. The first-order valence-corrected chi connectivity index (χ1v) is 10.5. The minimum absolute atomic E-state index is 0. The molecule has 2 N–H and O–H groups in total. The molecule has 162 valence electrons. The number of aliphatic imine (C=N–C) groups is 1. The molecule has 1 aromatic heterocycles. The predicted octanol–water partition coefficient (Wildman–Crippen LogP) is 3.77. The van der Waals surface area contributed by atoms with Crippen LogP contribution in [0.15, 0.2) is 47.6 Å². The molecule has 1 aliphatic heterocycles. The molecule has 0 radical (unpaired) electrons. The molecule has 0 spiro atoms. The summed E-state index contributed by atoms with van der Waals surface area (Å²) in [5.74, 6) is 1.04. The van der Waals surface area contributed by atoms with Crippen LogP contribution in [-0.2, 0) is 24.3 Å². The Hall–Kier alpha value is -1.87. The van der Waals surface area contributed by atoms with Crippen LogP contribution in [0.3, 0.4) is 0 Å². The molecule has 30 heavy (non-hydrogen) atoms. The Labute approximate surface area is 200 Å². The molecule has 2 aromatic rings. The van der Waals surface area contributed by atoms with Crippen LogP contribution < -0.4 is 10.6 Å². The summed E-state index contributed by atoms with van der Waals surface area (Å²) < 4.78 is 0. The Morgan fingerprint density at radius 2 is 2.03 bits per heavy atom. The molecule has 6 nitrogen and oxygen atoms in total. The number of hydrogen-bond acceptors (Lipinski definition) is 3. The molecule has 8 heteroatoms. The van der Waals surface area contributed by atoms with Crippen LogP contribution in [0.4, 0.5) is 0 Å². The summed E-state index contributed by atoms with van der Waals surface area (Å²) in [5.41, 5.74) is 3.41. The van der Waals surface area contributed by atoms with Crippen LogP contribution in [0.5, 0.6) is 0 Å². The highest BCUT2D eigenvalue weighted by Gasteiger charge is 2.19. The molecular weight excluding hydrogens is 513 g/mol. The molecule has 0 aliphatic carbocycles. The Kier molecular flexibility index (Phi) is 10.4. The Morgan fingerprint density at radius 1 is 1.20 bits per heavy atom. The van der Waals surface area contributed by atoms with Crippen LogP contribution in [-0.4, -0.2) is 41.4 Å². The standard InChI is InChI=1S/C22H28ClN5O.HI/c1-2-24-22(25-11-10-17-8-9-20(23)26-14-17)27-15-18-5-3-6-19(13-18)16-28-12-4-7-21(28)29;/h3,5-6,8-9,13-14H,2,4,7,10-12,15-16H2,1H3,(H2,24,25,27);1H. The van der Waals surface area contributed by atoms with Crippen LogP contribution in [0.2, 0.25) is 5.15 Å². The van der Waals surface area contributed by atoms with Gasteiger partial charge in [0, 0.05) is 38.8 Å². The number of carbonyl (C=O) groups is 1. The fourth-order valence-electron chi connectivity index (χ4n) is 3.31. The van der Waals surface area contributed by atoms with E-state index in [1.165, 1.54) is 0 Å². The summed E-state index contributed by atoms with van der Waals surface area (Å²) in [4.78, 5) is 22.6. The molecule has 0 atom stereocenters. The van der Waals surface area contributed by atoms with E-state index < -0.39 is 0 Å². The van der Waals surface area contributed by atoms with Crippen molar-refractivity contribution in [3.8, 4) is 0 Å². The zero-order valence-electron chi connectivity index (χ0n) is 17.2. The lowest BCUT2D eigenvalue weighted by atomic mass is 10.1. The number of hydrogen-bond donors (Lipinski definition) is 2. The van der Waals surface area contributed by atoms with Crippen molar-refractivity contribution in [2.45, 2.75) is 39.3 Å². The second-order valence-electron chi connectivity index (χ2n) is 7.10. The van der Waals surface area contributed by atoms with Gasteiger partial charge in [-0.05, 0) is 42.5 Å². The van der Waals surface area contributed by atoms with Gasteiger partial charge in [0.25, 0.3) is 0 Å². The van der Waals surface area contributed by atoms with Gasteiger partial charge in [-0.15, -0.1) is 24.0 Å². The van der Waals surface area contributed by atoms with E-state index in [1.54, 1.807) is 12.3 Å². The highest BCUT2D eigenvalue weighted by atomic mass is 127. The average molecular weight is 542 g/mol. The molecule has 1 aliphatic rings. The Balaban J connectivity index is 0.00000320. The number of amides is 1. The topological polar surface area (TPSA) is 69.6 Å². The molecule has 1 fully saturated rings. The zero-order chi connectivity index (χ0) is 20.5. The molecule has 2 heterocycles. The number of aromatic nitrogens is 1. The Morgan fingerprint density at radius 3 is 2.73 bits per heavy atom. The molecule has 1 aromatic carbocycles. The fraction of sp³-hybridized carbons (Fsp3) is 0.409. The van der Waals surface area contributed by atoms with Crippen LogP contribution in [0.25, 0.3) is 0 Å². The number of guanidine groups is 1. The van der Waals surface area contributed by atoms with Crippen molar-refractivity contribution < 1.29 is 4.79 Å². The molecule has 1 saturated heterocycles. The lowest BCUT2D eigenvalue weighted by Gasteiger charge is -2.16.